The van der Waals surface area contributed by atoms with Gasteiger partial charge in [-0.1, -0.05) is 12.1 Å². The van der Waals surface area contributed by atoms with Gasteiger partial charge >= 0.3 is 0 Å². The van der Waals surface area contributed by atoms with E-state index >= 15 is 0 Å². The van der Waals surface area contributed by atoms with E-state index in [-0.39, 0.29) is 36.4 Å². The van der Waals surface area contributed by atoms with Gasteiger partial charge < -0.3 is 30.6 Å². The Labute approximate surface area is 193 Å². The summed E-state index contributed by atoms with van der Waals surface area (Å²) in [4.78, 5) is 13.8. The van der Waals surface area contributed by atoms with Crippen LogP contribution in [0.4, 0.5) is 27.5 Å². The Morgan fingerprint density at radius 3 is 2.30 bits per heavy atom. The minimum Gasteiger partial charge on any atom is -0.393 e. The average Bonchev–Trinajstić information content (AvgIpc) is 3.08. The lowest BCUT2D eigenvalue weighted by Gasteiger charge is -2.39. The molecule has 1 aliphatic heterocycles. The van der Waals surface area contributed by atoms with Crippen LogP contribution in [-0.4, -0.2) is 57.8 Å². The molecule has 0 saturated heterocycles. The molecule has 2 fully saturated rings. The fourth-order valence-corrected chi connectivity index (χ4v) is 5.30. The molecule has 0 bridgehead atoms. The molecule has 2 aromatic rings. The van der Waals surface area contributed by atoms with E-state index in [1.807, 2.05) is 24.2 Å². The first-order valence-electron chi connectivity index (χ1n) is 12.0. The maximum absolute atomic E-state index is 14.5. The van der Waals surface area contributed by atoms with Crippen molar-refractivity contribution in [1.29, 1.82) is 0 Å². The Balaban J connectivity index is 1.43. The van der Waals surface area contributed by atoms with E-state index < -0.39 is 0 Å². The van der Waals surface area contributed by atoms with E-state index in [0.29, 0.717) is 11.6 Å². The third kappa shape index (κ3) is 4.56. The number of nitrogens with zero attached hydrogens (tertiary/aromatic N) is 4. The largest absolute Gasteiger partial charge is 0.393 e. The molecule has 178 valence electrons. The first-order chi connectivity index (χ1) is 16.0. The highest BCUT2D eigenvalue weighted by atomic mass is 19.1. The standard InChI is InChI=1S/C24H33FN6O2/c1-30-21-14-26-23(27-15-6-10-17(32)11-7-15)29-22(21)31(16-8-12-18(33)13-9-16)24(30)28-20-5-3-2-4-19(20)25/h2-5,14-18,24,28,32-33H,6-13H2,1H3,(H,26,27,29). The number of para-hydroxylation sites is 1. The third-order valence-corrected chi connectivity index (χ3v) is 7.25. The number of aliphatic hydroxyl groups excluding tert-OH is 2. The lowest BCUT2D eigenvalue weighted by Crippen LogP contribution is -2.53. The maximum atomic E-state index is 14.5. The molecule has 1 atom stereocenters. The lowest BCUT2D eigenvalue weighted by molar-refractivity contribution is 0.121. The molecule has 8 nitrogen and oxygen atoms in total. The molecule has 2 aliphatic carbocycles. The Kier molecular flexibility index (Phi) is 6.25. The Hall–Kier alpha value is -2.65. The first-order valence-corrected chi connectivity index (χ1v) is 12.0. The Morgan fingerprint density at radius 2 is 1.61 bits per heavy atom. The van der Waals surface area contributed by atoms with Crippen LogP contribution < -0.4 is 20.4 Å². The van der Waals surface area contributed by atoms with Crippen LogP contribution in [0.5, 0.6) is 0 Å². The summed E-state index contributed by atoms with van der Waals surface area (Å²) in [6.45, 7) is 0. The quantitative estimate of drug-likeness (QED) is 0.544. The van der Waals surface area contributed by atoms with Crippen molar-refractivity contribution in [2.75, 3.05) is 27.5 Å². The highest BCUT2D eigenvalue weighted by Crippen LogP contribution is 2.42. The molecule has 1 aromatic carbocycles. The van der Waals surface area contributed by atoms with Gasteiger partial charge in [0.1, 0.15) is 11.5 Å². The van der Waals surface area contributed by atoms with Gasteiger partial charge in [-0.05, 0) is 63.5 Å². The first kappa shape index (κ1) is 22.2. The van der Waals surface area contributed by atoms with Gasteiger partial charge in [0.2, 0.25) is 5.95 Å². The van der Waals surface area contributed by atoms with E-state index in [4.69, 9.17) is 4.98 Å². The second-order valence-corrected chi connectivity index (χ2v) is 9.53. The highest BCUT2D eigenvalue weighted by molar-refractivity contribution is 5.76. The van der Waals surface area contributed by atoms with Gasteiger partial charge in [0.25, 0.3) is 0 Å². The van der Waals surface area contributed by atoms with Gasteiger partial charge in [-0.2, -0.15) is 4.98 Å². The molecule has 2 saturated carbocycles. The minimum absolute atomic E-state index is 0.175. The zero-order chi connectivity index (χ0) is 22.9. The Morgan fingerprint density at radius 1 is 0.939 bits per heavy atom. The van der Waals surface area contributed by atoms with E-state index in [1.165, 1.54) is 6.07 Å². The van der Waals surface area contributed by atoms with E-state index in [9.17, 15) is 14.6 Å². The summed E-state index contributed by atoms with van der Waals surface area (Å²) in [6.07, 6.45) is 7.58. The minimum atomic E-state index is -0.313. The van der Waals surface area contributed by atoms with Gasteiger partial charge in [-0.15, -0.1) is 0 Å². The van der Waals surface area contributed by atoms with Crippen molar-refractivity contribution < 1.29 is 14.6 Å². The van der Waals surface area contributed by atoms with Crippen LogP contribution in [0.2, 0.25) is 0 Å². The molecule has 3 aliphatic rings. The molecule has 0 spiro atoms. The molecule has 1 unspecified atom stereocenters. The normalized spacial score (nSPS) is 29.6. The molecule has 5 rings (SSSR count). The topological polar surface area (TPSA) is 96.8 Å². The lowest BCUT2D eigenvalue weighted by atomic mass is 9.92. The second kappa shape index (κ2) is 9.30. The van der Waals surface area contributed by atoms with E-state index in [2.05, 4.69) is 20.5 Å². The number of fused-ring (bicyclic) bond motifs is 1. The van der Waals surface area contributed by atoms with Crippen LogP contribution in [0.3, 0.4) is 0 Å². The van der Waals surface area contributed by atoms with Gasteiger partial charge in [0.15, 0.2) is 12.1 Å². The summed E-state index contributed by atoms with van der Waals surface area (Å²) >= 11 is 0. The number of benzene rings is 1. The highest BCUT2D eigenvalue weighted by Gasteiger charge is 2.41. The number of aromatic nitrogens is 2. The van der Waals surface area contributed by atoms with Crippen molar-refractivity contribution in [2.45, 2.75) is 81.9 Å². The van der Waals surface area contributed by atoms with Crippen molar-refractivity contribution in [3.63, 3.8) is 0 Å². The van der Waals surface area contributed by atoms with Gasteiger partial charge in [-0.25, -0.2) is 9.37 Å². The summed E-state index contributed by atoms with van der Waals surface area (Å²) in [7, 11) is 1.97. The predicted molar refractivity (Wildman–Crippen MR) is 127 cm³/mol. The van der Waals surface area contributed by atoms with Crippen molar-refractivity contribution in [2.24, 2.45) is 0 Å². The van der Waals surface area contributed by atoms with E-state index in [0.717, 1.165) is 62.9 Å². The number of rotatable bonds is 5. The SMILES string of the molecule is CN1c2cnc(NC3CCC(O)CC3)nc2N(C2CCC(O)CC2)C1Nc1ccccc1F. The van der Waals surface area contributed by atoms with Crippen molar-refractivity contribution in [1.82, 2.24) is 9.97 Å². The third-order valence-electron chi connectivity index (χ3n) is 7.25. The number of hydrogen-bond donors (Lipinski definition) is 4. The molecule has 2 heterocycles. The fourth-order valence-electron chi connectivity index (χ4n) is 5.30. The molecule has 9 heteroatoms. The summed E-state index contributed by atoms with van der Waals surface area (Å²) in [5, 5.41) is 26.7. The van der Waals surface area contributed by atoms with Gasteiger partial charge in [-0.3, -0.25) is 0 Å². The zero-order valence-electron chi connectivity index (χ0n) is 19.0. The molecular weight excluding hydrogens is 423 g/mol. The monoisotopic (exact) mass is 456 g/mol. The molecule has 0 amide bonds. The summed E-state index contributed by atoms with van der Waals surface area (Å²) in [5.41, 5.74) is 1.33. The summed E-state index contributed by atoms with van der Waals surface area (Å²) < 4.78 is 14.5. The predicted octanol–water partition coefficient (Wildman–Crippen LogP) is 3.29. The number of aliphatic hydroxyl groups is 2. The van der Waals surface area contributed by atoms with E-state index in [1.54, 1.807) is 12.1 Å². The van der Waals surface area contributed by atoms with Crippen molar-refractivity contribution >= 4 is 23.1 Å². The van der Waals surface area contributed by atoms with Crippen molar-refractivity contribution in [3.8, 4) is 0 Å². The number of anilines is 4. The van der Waals surface area contributed by atoms with Crippen LogP contribution in [0.15, 0.2) is 30.5 Å². The molecule has 0 radical (unpaired) electrons. The van der Waals surface area contributed by atoms with Crippen molar-refractivity contribution in [3.05, 3.63) is 36.3 Å². The Bertz CT molecular complexity index is 962. The van der Waals surface area contributed by atoms with Crippen LogP contribution in [0, 0.1) is 5.82 Å². The molecular formula is C24H33FN6O2. The zero-order valence-corrected chi connectivity index (χ0v) is 19.0. The van der Waals surface area contributed by atoms with Crippen LogP contribution >= 0.6 is 0 Å². The molecule has 4 N–H and O–H groups in total. The number of nitrogens with one attached hydrogen (secondary N) is 2. The van der Waals surface area contributed by atoms with Gasteiger partial charge in [0.05, 0.1) is 24.1 Å². The van der Waals surface area contributed by atoms with Crippen LogP contribution in [0.25, 0.3) is 0 Å². The van der Waals surface area contributed by atoms with Crippen LogP contribution in [0.1, 0.15) is 51.4 Å². The van der Waals surface area contributed by atoms with Crippen LogP contribution in [-0.2, 0) is 0 Å². The molecule has 1 aromatic heterocycles. The average molecular weight is 457 g/mol. The van der Waals surface area contributed by atoms with Gasteiger partial charge in [0, 0.05) is 19.1 Å². The fraction of sp³-hybridized carbons (Fsp3) is 0.583. The maximum Gasteiger partial charge on any atom is 0.224 e. The smallest absolute Gasteiger partial charge is 0.224 e. The second-order valence-electron chi connectivity index (χ2n) is 9.53. The molecule has 33 heavy (non-hydrogen) atoms. The number of halogens is 1. The summed E-state index contributed by atoms with van der Waals surface area (Å²) in [5.74, 6) is 1.10. The summed E-state index contributed by atoms with van der Waals surface area (Å²) in [6, 6.07) is 7.12. The number of hydrogen-bond acceptors (Lipinski definition) is 8.